The van der Waals surface area contributed by atoms with Gasteiger partial charge in [0.1, 0.15) is 5.75 Å². The number of carbonyl (C=O) groups excluding carboxylic acids is 1. The van der Waals surface area contributed by atoms with Crippen LogP contribution >= 0.6 is 0 Å². The molecule has 0 fully saturated rings. The molecule has 2 aromatic rings. The first-order chi connectivity index (χ1) is 14.0. The molecule has 156 valence electrons. The van der Waals surface area contributed by atoms with E-state index in [-0.39, 0.29) is 11.7 Å². The molecule has 0 radical (unpaired) electrons. The van der Waals surface area contributed by atoms with Crippen LogP contribution in [0.2, 0.25) is 0 Å². The number of phenolic OH excluding ortho intramolecular Hbond substituents is 1. The molecule has 0 bridgehead atoms. The van der Waals surface area contributed by atoms with E-state index in [0.717, 1.165) is 5.56 Å². The Morgan fingerprint density at radius 3 is 1.93 bits per heavy atom. The Hall–Kier alpha value is -3.22. The molecule has 1 amide bonds. The number of benzene rings is 2. The predicted octanol–water partition coefficient (Wildman–Crippen LogP) is 4.13. The number of amides is 1. The second kappa shape index (κ2) is 10.9. The second-order valence-electron chi connectivity index (χ2n) is 6.00. The fraction of sp³-hybridized carbons (Fsp3) is 0.364. The normalized spacial score (nSPS) is 11.1. The van der Waals surface area contributed by atoms with Crippen molar-refractivity contribution < 1.29 is 24.1 Å². The van der Waals surface area contributed by atoms with Crippen molar-refractivity contribution in [1.82, 2.24) is 5.43 Å². The number of nitrogens with zero attached hydrogens (tertiary/aromatic N) is 1. The van der Waals surface area contributed by atoms with Crippen LogP contribution in [-0.4, -0.2) is 36.5 Å². The highest BCUT2D eigenvalue weighted by Crippen LogP contribution is 2.39. The highest BCUT2D eigenvalue weighted by molar-refractivity contribution is 6.02. The molecule has 2 rings (SSSR count). The summed E-state index contributed by atoms with van der Waals surface area (Å²) in [5, 5.41) is 13.7. The fourth-order valence-corrected chi connectivity index (χ4v) is 2.70. The van der Waals surface area contributed by atoms with Crippen LogP contribution in [-0.2, 0) is 0 Å². The van der Waals surface area contributed by atoms with Crippen molar-refractivity contribution in [3.63, 3.8) is 0 Å². The van der Waals surface area contributed by atoms with Gasteiger partial charge in [0.15, 0.2) is 11.5 Å². The first-order valence-corrected chi connectivity index (χ1v) is 9.76. The van der Waals surface area contributed by atoms with Crippen LogP contribution < -0.4 is 19.6 Å². The minimum absolute atomic E-state index is 0.175. The van der Waals surface area contributed by atoms with Crippen molar-refractivity contribution in [3.8, 4) is 23.0 Å². The van der Waals surface area contributed by atoms with Crippen LogP contribution in [0.3, 0.4) is 0 Å². The third-order valence-corrected chi connectivity index (χ3v) is 4.00. The SMILES string of the molecule is CCOc1cc(C(=O)NN=C(CC)c2ccc(O)cc2)cc(OCC)c1OCC. The Labute approximate surface area is 171 Å². The molecule has 7 nitrogen and oxygen atoms in total. The number of carbonyl (C=O) groups is 1. The number of hydrazone groups is 1. The van der Waals surface area contributed by atoms with Gasteiger partial charge in [-0.15, -0.1) is 0 Å². The molecule has 0 spiro atoms. The number of ether oxygens (including phenoxy) is 3. The molecule has 0 unspecified atom stereocenters. The number of rotatable bonds is 10. The van der Waals surface area contributed by atoms with Crippen LogP contribution in [0.4, 0.5) is 0 Å². The molecule has 0 aliphatic carbocycles. The van der Waals surface area contributed by atoms with Crippen molar-refractivity contribution in [2.45, 2.75) is 34.1 Å². The minimum atomic E-state index is -0.389. The molecule has 2 N–H and O–H groups in total. The molecule has 0 aliphatic rings. The van der Waals surface area contributed by atoms with E-state index >= 15 is 0 Å². The first kappa shape index (κ1) is 22.1. The topological polar surface area (TPSA) is 89.4 Å². The zero-order valence-electron chi connectivity index (χ0n) is 17.3. The van der Waals surface area contributed by atoms with Crippen molar-refractivity contribution in [2.24, 2.45) is 5.10 Å². The molecule has 7 heteroatoms. The lowest BCUT2D eigenvalue weighted by molar-refractivity contribution is 0.0953. The molecule has 0 heterocycles. The average Bonchev–Trinajstić information content (AvgIpc) is 2.72. The molecule has 0 aliphatic heterocycles. The van der Waals surface area contributed by atoms with Crippen molar-refractivity contribution in [1.29, 1.82) is 0 Å². The number of phenols is 1. The van der Waals surface area contributed by atoms with Gasteiger partial charge in [-0.2, -0.15) is 5.10 Å². The Bertz CT molecular complexity index is 820. The van der Waals surface area contributed by atoms with E-state index < -0.39 is 0 Å². The second-order valence-corrected chi connectivity index (χ2v) is 6.00. The molecular weight excluding hydrogens is 372 g/mol. The first-order valence-electron chi connectivity index (χ1n) is 9.76. The van der Waals surface area contributed by atoms with E-state index in [1.165, 1.54) is 0 Å². The van der Waals surface area contributed by atoms with Gasteiger partial charge < -0.3 is 19.3 Å². The summed E-state index contributed by atoms with van der Waals surface area (Å²) in [7, 11) is 0. The van der Waals surface area contributed by atoms with Gasteiger partial charge in [0.2, 0.25) is 5.75 Å². The summed E-state index contributed by atoms with van der Waals surface area (Å²) >= 11 is 0. The van der Waals surface area contributed by atoms with Gasteiger partial charge >= 0.3 is 0 Å². The lowest BCUT2D eigenvalue weighted by Gasteiger charge is -2.16. The average molecular weight is 400 g/mol. The van der Waals surface area contributed by atoms with Crippen LogP contribution in [0.25, 0.3) is 0 Å². The third kappa shape index (κ3) is 5.88. The summed E-state index contributed by atoms with van der Waals surface area (Å²) in [6.45, 7) is 8.83. The van der Waals surface area contributed by atoms with E-state index in [1.807, 2.05) is 27.7 Å². The van der Waals surface area contributed by atoms with E-state index in [2.05, 4.69) is 10.5 Å². The smallest absolute Gasteiger partial charge is 0.271 e. The van der Waals surface area contributed by atoms with E-state index in [1.54, 1.807) is 36.4 Å². The molecular formula is C22H28N2O5. The van der Waals surface area contributed by atoms with Crippen LogP contribution in [0.1, 0.15) is 50.0 Å². The van der Waals surface area contributed by atoms with Crippen molar-refractivity contribution in [3.05, 3.63) is 47.5 Å². The molecule has 0 saturated carbocycles. The predicted molar refractivity (Wildman–Crippen MR) is 112 cm³/mol. The summed E-state index contributed by atoms with van der Waals surface area (Å²) < 4.78 is 17.0. The van der Waals surface area contributed by atoms with Gasteiger partial charge in [0, 0.05) is 5.56 Å². The molecule has 0 saturated heterocycles. The van der Waals surface area contributed by atoms with E-state index in [4.69, 9.17) is 14.2 Å². The Morgan fingerprint density at radius 2 is 1.45 bits per heavy atom. The largest absolute Gasteiger partial charge is 0.508 e. The highest BCUT2D eigenvalue weighted by Gasteiger charge is 2.18. The van der Waals surface area contributed by atoms with Gasteiger partial charge in [-0.05, 0) is 69.2 Å². The van der Waals surface area contributed by atoms with Gasteiger partial charge in [0.25, 0.3) is 5.91 Å². The summed E-state index contributed by atoms with van der Waals surface area (Å²) in [5.41, 5.74) is 4.46. The summed E-state index contributed by atoms with van der Waals surface area (Å²) in [6, 6.07) is 9.90. The maximum Gasteiger partial charge on any atom is 0.271 e. The minimum Gasteiger partial charge on any atom is -0.508 e. The summed E-state index contributed by atoms with van der Waals surface area (Å²) in [5.74, 6) is 1.16. The van der Waals surface area contributed by atoms with Gasteiger partial charge in [-0.25, -0.2) is 5.43 Å². The lowest BCUT2D eigenvalue weighted by Crippen LogP contribution is -2.20. The van der Waals surface area contributed by atoms with E-state index in [9.17, 15) is 9.90 Å². The fourth-order valence-electron chi connectivity index (χ4n) is 2.70. The Balaban J connectivity index is 2.31. The van der Waals surface area contributed by atoms with Crippen LogP contribution in [0, 0.1) is 0 Å². The standard InChI is InChI=1S/C22H28N2O5/c1-5-18(15-9-11-17(25)12-10-15)23-24-22(26)16-13-19(27-6-2)21(29-8-4)20(14-16)28-7-3/h9-14,25H,5-8H2,1-4H3,(H,24,26). The van der Waals surface area contributed by atoms with E-state index in [0.29, 0.717) is 54.8 Å². The number of hydrogen-bond donors (Lipinski definition) is 2. The quantitative estimate of drug-likeness (QED) is 0.462. The Morgan fingerprint density at radius 1 is 0.897 bits per heavy atom. The number of nitrogens with one attached hydrogen (secondary N) is 1. The maximum absolute atomic E-state index is 12.7. The molecule has 0 atom stereocenters. The van der Waals surface area contributed by atoms with Crippen LogP contribution in [0.5, 0.6) is 23.0 Å². The number of hydrogen-bond acceptors (Lipinski definition) is 6. The Kier molecular flexibility index (Phi) is 8.33. The zero-order chi connectivity index (χ0) is 21.2. The zero-order valence-corrected chi connectivity index (χ0v) is 17.3. The molecule has 2 aromatic carbocycles. The summed E-state index contributed by atoms with van der Waals surface area (Å²) in [4.78, 5) is 12.7. The van der Waals surface area contributed by atoms with Gasteiger partial charge in [-0.1, -0.05) is 6.92 Å². The number of aromatic hydroxyl groups is 1. The molecule has 29 heavy (non-hydrogen) atoms. The van der Waals surface area contributed by atoms with Crippen LogP contribution in [0.15, 0.2) is 41.5 Å². The lowest BCUT2D eigenvalue weighted by atomic mass is 10.1. The third-order valence-electron chi connectivity index (χ3n) is 4.00. The monoisotopic (exact) mass is 400 g/mol. The van der Waals surface area contributed by atoms with Crippen molar-refractivity contribution >= 4 is 11.6 Å². The summed E-state index contributed by atoms with van der Waals surface area (Å²) in [6.07, 6.45) is 0.614. The van der Waals surface area contributed by atoms with Crippen molar-refractivity contribution in [2.75, 3.05) is 19.8 Å². The van der Waals surface area contributed by atoms with Gasteiger partial charge in [-0.3, -0.25) is 4.79 Å². The maximum atomic E-state index is 12.7. The molecule has 0 aromatic heterocycles. The van der Waals surface area contributed by atoms with Gasteiger partial charge in [0.05, 0.1) is 25.5 Å². The highest BCUT2D eigenvalue weighted by atomic mass is 16.5.